The zero-order valence-electron chi connectivity index (χ0n) is 18.3. The molecule has 0 fully saturated rings. The van der Waals surface area contributed by atoms with E-state index < -0.39 is 0 Å². The largest absolute Gasteiger partial charge is 0.462 e. The molecule has 0 saturated heterocycles. The fraction of sp³-hybridized carbons (Fsp3) is 0.435. The average Bonchev–Trinajstić information content (AvgIpc) is 2.82. The molecule has 5 nitrogen and oxygen atoms in total. The van der Waals surface area contributed by atoms with Gasteiger partial charge in [0.2, 0.25) is 5.91 Å². The van der Waals surface area contributed by atoms with Gasteiger partial charge >= 0.3 is 0 Å². The Kier molecular flexibility index (Phi) is 7.36. The van der Waals surface area contributed by atoms with E-state index in [0.717, 1.165) is 21.8 Å². The fourth-order valence-electron chi connectivity index (χ4n) is 2.83. The monoisotopic (exact) mass is 414 g/mol. The first-order chi connectivity index (χ1) is 13.6. The lowest BCUT2D eigenvalue weighted by atomic mass is 9.99. The highest BCUT2D eigenvalue weighted by Gasteiger charge is 2.28. The number of nitrogens with zero attached hydrogens (tertiary/aromatic N) is 1. The molecular formula is C23H30N2O3S. The van der Waals surface area contributed by atoms with E-state index in [1.54, 1.807) is 11.3 Å². The Morgan fingerprint density at radius 3 is 2.28 bits per heavy atom. The van der Waals surface area contributed by atoms with Gasteiger partial charge in [0.15, 0.2) is 0 Å². The van der Waals surface area contributed by atoms with Gasteiger partial charge in [0.1, 0.15) is 16.6 Å². The Labute approximate surface area is 177 Å². The summed E-state index contributed by atoms with van der Waals surface area (Å²) in [6.07, 6.45) is 0.703. The van der Waals surface area contributed by atoms with Gasteiger partial charge in [0.25, 0.3) is 6.47 Å². The van der Waals surface area contributed by atoms with Crippen LogP contribution in [0.2, 0.25) is 0 Å². The first-order valence-electron chi connectivity index (χ1n) is 9.75. The first kappa shape index (κ1) is 22.8. The molecule has 1 aliphatic heterocycles. The van der Waals surface area contributed by atoms with Crippen molar-refractivity contribution >= 4 is 34.4 Å². The summed E-state index contributed by atoms with van der Waals surface area (Å²) in [6.45, 7) is 14.2. The van der Waals surface area contributed by atoms with Gasteiger partial charge in [0, 0.05) is 16.0 Å². The highest BCUT2D eigenvalue weighted by molar-refractivity contribution is 7.17. The highest BCUT2D eigenvalue weighted by atomic mass is 32.1. The minimum absolute atomic E-state index is 0.00730. The number of ether oxygens (including phenoxy) is 1. The zero-order valence-corrected chi connectivity index (χ0v) is 19.1. The third-order valence-electron chi connectivity index (χ3n) is 4.56. The van der Waals surface area contributed by atoms with Crippen LogP contribution in [0, 0.1) is 20.8 Å². The van der Waals surface area contributed by atoms with E-state index in [4.69, 9.17) is 4.99 Å². The maximum atomic E-state index is 12.3. The Bertz CT molecular complexity index is 905. The molecule has 1 N–H and O–H groups in total. The standard InChI is InChI=1S/C18H20N2OS.C5H10O2/c1-5-14-17(21)20-18-15(11(3)12(4)22-18)16(19-14)13-8-6-10(2)7-9-13;1-5(2,3)7-4-6/h6-9,14H,5H2,1-4H3,(H,20,21);4H,1-3H3. The van der Waals surface area contributed by atoms with Crippen LogP contribution in [0.3, 0.4) is 0 Å². The van der Waals surface area contributed by atoms with Crippen molar-refractivity contribution in [3.8, 4) is 0 Å². The summed E-state index contributed by atoms with van der Waals surface area (Å²) in [5.74, 6) is -0.00730. The number of anilines is 1. The van der Waals surface area contributed by atoms with E-state index >= 15 is 0 Å². The summed E-state index contributed by atoms with van der Waals surface area (Å²) in [5, 5.41) is 3.99. The topological polar surface area (TPSA) is 67.8 Å². The number of amides is 1. The van der Waals surface area contributed by atoms with Crippen LogP contribution in [-0.4, -0.2) is 29.7 Å². The number of carbonyl (C=O) groups excluding carboxylic acids is 2. The second kappa shape index (κ2) is 9.35. The van der Waals surface area contributed by atoms with Crippen LogP contribution >= 0.6 is 11.3 Å². The maximum Gasteiger partial charge on any atom is 0.293 e. The van der Waals surface area contributed by atoms with Gasteiger partial charge in [-0.3, -0.25) is 14.6 Å². The number of hydrogen-bond acceptors (Lipinski definition) is 5. The van der Waals surface area contributed by atoms with Crippen molar-refractivity contribution in [2.24, 2.45) is 4.99 Å². The molecule has 6 heteroatoms. The predicted octanol–water partition coefficient (Wildman–Crippen LogP) is 5.20. The summed E-state index contributed by atoms with van der Waals surface area (Å²) < 4.78 is 4.55. The number of aryl methyl sites for hydroxylation is 2. The van der Waals surface area contributed by atoms with Crippen LogP contribution in [0.5, 0.6) is 0 Å². The van der Waals surface area contributed by atoms with Gasteiger partial charge in [-0.25, -0.2) is 0 Å². The summed E-state index contributed by atoms with van der Waals surface area (Å²) >= 11 is 1.64. The lowest BCUT2D eigenvalue weighted by Crippen LogP contribution is -2.24. The van der Waals surface area contributed by atoms with Gasteiger partial charge in [-0.05, 0) is 53.5 Å². The number of benzene rings is 1. The normalized spacial score (nSPS) is 15.9. The van der Waals surface area contributed by atoms with E-state index in [0.29, 0.717) is 12.9 Å². The van der Waals surface area contributed by atoms with Crippen LogP contribution < -0.4 is 5.32 Å². The third-order valence-corrected chi connectivity index (χ3v) is 5.68. The summed E-state index contributed by atoms with van der Waals surface area (Å²) in [7, 11) is 0. The highest BCUT2D eigenvalue weighted by Crippen LogP contribution is 2.36. The molecule has 1 aliphatic rings. The number of thiophene rings is 1. The molecule has 0 bridgehead atoms. The van der Waals surface area contributed by atoms with Crippen LogP contribution in [-0.2, 0) is 14.3 Å². The van der Waals surface area contributed by atoms with Gasteiger partial charge in [-0.15, -0.1) is 11.3 Å². The van der Waals surface area contributed by atoms with E-state index in [-0.39, 0.29) is 17.6 Å². The molecule has 2 aromatic rings. The molecule has 1 atom stereocenters. The first-order valence-corrected chi connectivity index (χ1v) is 10.6. The molecular weight excluding hydrogens is 384 g/mol. The van der Waals surface area contributed by atoms with Crippen molar-refractivity contribution in [1.29, 1.82) is 0 Å². The molecule has 2 heterocycles. The van der Waals surface area contributed by atoms with Crippen molar-refractivity contribution in [3.05, 3.63) is 51.4 Å². The molecule has 1 amide bonds. The van der Waals surface area contributed by atoms with Crippen molar-refractivity contribution < 1.29 is 14.3 Å². The second-order valence-corrected chi connectivity index (χ2v) is 9.30. The van der Waals surface area contributed by atoms with E-state index in [9.17, 15) is 9.59 Å². The second-order valence-electron chi connectivity index (χ2n) is 8.07. The maximum absolute atomic E-state index is 12.3. The molecule has 1 unspecified atom stereocenters. The molecule has 0 saturated carbocycles. The predicted molar refractivity (Wildman–Crippen MR) is 120 cm³/mol. The Hall–Kier alpha value is -2.47. The Morgan fingerprint density at radius 1 is 1.17 bits per heavy atom. The number of nitrogens with one attached hydrogen (secondary N) is 1. The third kappa shape index (κ3) is 5.76. The zero-order chi connectivity index (χ0) is 21.8. The van der Waals surface area contributed by atoms with Crippen LogP contribution in [0.15, 0.2) is 29.3 Å². The number of rotatable bonds is 3. The van der Waals surface area contributed by atoms with Gasteiger partial charge in [-0.1, -0.05) is 36.8 Å². The average molecular weight is 415 g/mol. The molecule has 0 aliphatic carbocycles. The van der Waals surface area contributed by atoms with E-state index in [1.165, 1.54) is 16.0 Å². The van der Waals surface area contributed by atoms with Crippen LogP contribution in [0.25, 0.3) is 0 Å². The molecule has 1 aromatic heterocycles. The quantitative estimate of drug-likeness (QED) is 0.702. The van der Waals surface area contributed by atoms with Crippen LogP contribution in [0.4, 0.5) is 5.00 Å². The SMILES string of the molecule is CC(C)(C)OC=O.CCC1N=C(c2ccc(C)cc2)c2c(sc(C)c2C)NC1=O. The van der Waals surface area contributed by atoms with E-state index in [2.05, 4.69) is 55.1 Å². The summed E-state index contributed by atoms with van der Waals surface area (Å²) in [6, 6.07) is 8.04. The number of carbonyl (C=O) groups is 2. The van der Waals surface area contributed by atoms with Crippen molar-refractivity contribution in [1.82, 2.24) is 0 Å². The number of fused-ring (bicyclic) bond motifs is 1. The van der Waals surface area contributed by atoms with Gasteiger partial charge in [0.05, 0.1) is 5.71 Å². The Balaban J connectivity index is 0.000000370. The van der Waals surface area contributed by atoms with Crippen LogP contribution in [0.1, 0.15) is 61.2 Å². The van der Waals surface area contributed by atoms with Gasteiger partial charge < -0.3 is 10.1 Å². The minimum Gasteiger partial charge on any atom is -0.462 e. The lowest BCUT2D eigenvalue weighted by Gasteiger charge is -2.14. The van der Waals surface area contributed by atoms with Crippen molar-refractivity contribution in [3.63, 3.8) is 0 Å². The van der Waals surface area contributed by atoms with Gasteiger partial charge in [-0.2, -0.15) is 0 Å². The summed E-state index contributed by atoms with van der Waals surface area (Å²) in [5.41, 5.74) is 5.19. The Morgan fingerprint density at radius 2 is 1.79 bits per heavy atom. The molecule has 3 rings (SSSR count). The number of aliphatic imine (C=N–C) groups is 1. The smallest absolute Gasteiger partial charge is 0.293 e. The van der Waals surface area contributed by atoms with E-state index in [1.807, 2.05) is 27.7 Å². The summed E-state index contributed by atoms with van der Waals surface area (Å²) in [4.78, 5) is 28.0. The molecule has 1 aromatic carbocycles. The number of hydrogen-bond donors (Lipinski definition) is 1. The molecule has 0 spiro atoms. The lowest BCUT2D eigenvalue weighted by molar-refractivity contribution is -0.138. The minimum atomic E-state index is -0.324. The fourth-order valence-corrected chi connectivity index (χ4v) is 3.89. The molecule has 29 heavy (non-hydrogen) atoms. The molecule has 0 radical (unpaired) electrons. The van der Waals surface area contributed by atoms with Crippen molar-refractivity contribution in [2.75, 3.05) is 5.32 Å². The van der Waals surface area contributed by atoms with Crippen molar-refractivity contribution in [2.45, 2.75) is 66.5 Å². The molecule has 156 valence electrons.